The summed E-state index contributed by atoms with van der Waals surface area (Å²) >= 11 is 0. The Bertz CT molecular complexity index is 893. The largest absolute Gasteiger partial charge is 0.326 e. The van der Waals surface area contributed by atoms with E-state index in [0.29, 0.717) is 11.3 Å². The number of quaternary nitrogens is 1. The third-order valence-electron chi connectivity index (χ3n) is 4.47. The highest BCUT2D eigenvalue weighted by Gasteiger charge is 2.24. The summed E-state index contributed by atoms with van der Waals surface area (Å²) in [4.78, 5) is 12.7. The topological polar surface area (TPSA) is 69.5 Å². The zero-order valence-electron chi connectivity index (χ0n) is 15.2. The van der Waals surface area contributed by atoms with E-state index in [9.17, 15) is 4.79 Å². The maximum atomic E-state index is 12.7. The van der Waals surface area contributed by atoms with Crippen molar-refractivity contribution in [1.82, 2.24) is 0 Å². The van der Waals surface area contributed by atoms with Gasteiger partial charge in [0.1, 0.15) is 6.04 Å². The van der Waals surface area contributed by atoms with Crippen LogP contribution in [0.4, 0.5) is 5.69 Å². The van der Waals surface area contributed by atoms with Crippen LogP contribution < -0.4 is 10.6 Å². The van der Waals surface area contributed by atoms with Gasteiger partial charge in [-0.25, -0.2) is 0 Å². The molecule has 4 heteroatoms. The SMILES string of the molecule is C[C@@H]([NH2+]C(c1ccccc1)c1ccccc1)C(=O)Nc1cccc(C#N)c1. The first kappa shape index (κ1) is 18.4. The van der Waals surface area contributed by atoms with Gasteiger partial charge in [0.2, 0.25) is 0 Å². The van der Waals surface area contributed by atoms with Crippen LogP contribution in [0, 0.1) is 11.3 Å². The quantitative estimate of drug-likeness (QED) is 0.712. The number of rotatable bonds is 6. The smallest absolute Gasteiger partial charge is 0.282 e. The lowest BCUT2D eigenvalue weighted by atomic mass is 9.98. The Morgan fingerprint density at radius 2 is 1.52 bits per heavy atom. The minimum atomic E-state index is -0.304. The number of nitriles is 1. The lowest BCUT2D eigenvalue weighted by molar-refractivity contribution is -0.704. The molecule has 0 saturated heterocycles. The van der Waals surface area contributed by atoms with Gasteiger partial charge < -0.3 is 10.6 Å². The number of hydrogen-bond acceptors (Lipinski definition) is 2. The summed E-state index contributed by atoms with van der Waals surface area (Å²) in [5.41, 5.74) is 3.45. The number of benzene rings is 3. The van der Waals surface area contributed by atoms with Crippen molar-refractivity contribution in [1.29, 1.82) is 5.26 Å². The summed E-state index contributed by atoms with van der Waals surface area (Å²) in [7, 11) is 0. The van der Waals surface area contributed by atoms with Crippen LogP contribution in [-0.4, -0.2) is 11.9 Å². The molecule has 0 aliphatic rings. The molecular formula is C23H22N3O+. The second kappa shape index (κ2) is 8.79. The molecule has 0 bridgehead atoms. The molecule has 0 aromatic heterocycles. The third kappa shape index (κ3) is 4.81. The molecule has 134 valence electrons. The van der Waals surface area contributed by atoms with Crippen LogP contribution in [0.15, 0.2) is 84.9 Å². The van der Waals surface area contributed by atoms with E-state index in [1.807, 2.05) is 43.3 Å². The Hall–Kier alpha value is -3.42. The molecule has 0 unspecified atom stereocenters. The van der Waals surface area contributed by atoms with Gasteiger partial charge in [-0.15, -0.1) is 0 Å². The highest BCUT2D eigenvalue weighted by molar-refractivity contribution is 5.93. The number of hydrogen-bond donors (Lipinski definition) is 2. The molecule has 27 heavy (non-hydrogen) atoms. The first-order chi connectivity index (χ1) is 13.2. The lowest BCUT2D eigenvalue weighted by Gasteiger charge is -2.20. The van der Waals surface area contributed by atoms with Crippen LogP contribution in [0.2, 0.25) is 0 Å². The number of nitrogens with two attached hydrogens (primary N) is 1. The van der Waals surface area contributed by atoms with E-state index < -0.39 is 0 Å². The number of anilines is 1. The molecule has 0 aliphatic heterocycles. The molecule has 0 heterocycles. The van der Waals surface area contributed by atoms with E-state index in [4.69, 9.17) is 5.26 Å². The molecular weight excluding hydrogens is 334 g/mol. The molecule has 0 fully saturated rings. The average molecular weight is 356 g/mol. The Morgan fingerprint density at radius 1 is 0.926 bits per heavy atom. The molecule has 1 amide bonds. The Kier molecular flexibility index (Phi) is 5.98. The van der Waals surface area contributed by atoms with Crippen LogP contribution in [0.5, 0.6) is 0 Å². The van der Waals surface area contributed by atoms with Crippen molar-refractivity contribution in [2.75, 3.05) is 5.32 Å². The molecule has 4 nitrogen and oxygen atoms in total. The van der Waals surface area contributed by atoms with Crippen molar-refractivity contribution in [3.8, 4) is 6.07 Å². The van der Waals surface area contributed by atoms with Gasteiger partial charge in [-0.3, -0.25) is 4.79 Å². The van der Waals surface area contributed by atoms with Crippen molar-refractivity contribution < 1.29 is 10.1 Å². The molecule has 0 spiro atoms. The number of amides is 1. The first-order valence-corrected chi connectivity index (χ1v) is 8.93. The molecule has 0 radical (unpaired) electrons. The van der Waals surface area contributed by atoms with E-state index in [1.165, 1.54) is 0 Å². The third-order valence-corrected chi connectivity index (χ3v) is 4.47. The fourth-order valence-electron chi connectivity index (χ4n) is 3.03. The maximum Gasteiger partial charge on any atom is 0.282 e. The molecule has 3 aromatic rings. The average Bonchev–Trinajstić information content (AvgIpc) is 2.73. The summed E-state index contributed by atoms with van der Waals surface area (Å²) in [6.45, 7) is 1.89. The zero-order chi connectivity index (χ0) is 19.1. The van der Waals surface area contributed by atoms with Crippen LogP contribution >= 0.6 is 0 Å². The molecule has 1 atom stereocenters. The highest BCUT2D eigenvalue weighted by Crippen LogP contribution is 2.18. The minimum Gasteiger partial charge on any atom is -0.326 e. The van der Waals surface area contributed by atoms with Gasteiger partial charge in [0.25, 0.3) is 5.91 Å². The summed E-state index contributed by atoms with van der Waals surface area (Å²) < 4.78 is 0. The standard InChI is InChI=1S/C23H21N3O/c1-17(23(27)26-21-14-8-9-18(15-21)16-24)25-22(19-10-4-2-5-11-19)20-12-6-3-7-13-20/h2-15,17,22,25H,1H3,(H,26,27)/p+1/t17-/m1/s1. The Labute approximate surface area is 159 Å². The predicted octanol–water partition coefficient (Wildman–Crippen LogP) is 3.24. The van der Waals surface area contributed by atoms with E-state index >= 15 is 0 Å². The van der Waals surface area contributed by atoms with Crippen molar-refractivity contribution in [2.24, 2.45) is 0 Å². The summed E-state index contributed by atoms with van der Waals surface area (Å²) in [6.07, 6.45) is 0. The van der Waals surface area contributed by atoms with Gasteiger partial charge in [0, 0.05) is 16.8 Å². The van der Waals surface area contributed by atoms with Crippen molar-refractivity contribution in [3.05, 3.63) is 102 Å². The lowest BCUT2D eigenvalue weighted by Crippen LogP contribution is -2.92. The molecule has 3 aromatic carbocycles. The second-order valence-electron chi connectivity index (χ2n) is 6.46. The van der Waals surface area contributed by atoms with Crippen molar-refractivity contribution in [2.45, 2.75) is 19.0 Å². The monoisotopic (exact) mass is 356 g/mol. The van der Waals surface area contributed by atoms with Crippen molar-refractivity contribution >= 4 is 11.6 Å². The number of nitrogens with zero attached hydrogens (tertiary/aromatic N) is 1. The van der Waals surface area contributed by atoms with Crippen LogP contribution in [-0.2, 0) is 4.79 Å². The maximum absolute atomic E-state index is 12.7. The van der Waals surface area contributed by atoms with Crippen LogP contribution in [0.3, 0.4) is 0 Å². The van der Waals surface area contributed by atoms with E-state index in [1.54, 1.807) is 24.3 Å². The van der Waals surface area contributed by atoms with E-state index in [-0.39, 0.29) is 18.0 Å². The Balaban J connectivity index is 1.77. The van der Waals surface area contributed by atoms with Gasteiger partial charge in [-0.2, -0.15) is 5.26 Å². The van der Waals surface area contributed by atoms with Gasteiger partial charge in [-0.05, 0) is 25.1 Å². The van der Waals surface area contributed by atoms with Gasteiger partial charge in [-0.1, -0.05) is 66.7 Å². The summed E-state index contributed by atoms with van der Waals surface area (Å²) in [5, 5.41) is 14.0. The van der Waals surface area contributed by atoms with E-state index in [2.05, 4.69) is 41.0 Å². The second-order valence-corrected chi connectivity index (χ2v) is 6.46. The number of carbonyl (C=O) groups excluding carboxylic acids is 1. The summed E-state index contributed by atoms with van der Waals surface area (Å²) in [5.74, 6) is -0.0954. The van der Waals surface area contributed by atoms with Gasteiger partial charge in [0.15, 0.2) is 6.04 Å². The van der Waals surface area contributed by atoms with Crippen LogP contribution in [0.25, 0.3) is 0 Å². The zero-order valence-corrected chi connectivity index (χ0v) is 15.2. The fraction of sp³-hybridized carbons (Fsp3) is 0.130. The first-order valence-electron chi connectivity index (χ1n) is 8.93. The predicted molar refractivity (Wildman–Crippen MR) is 106 cm³/mol. The normalized spacial score (nSPS) is 11.6. The van der Waals surface area contributed by atoms with Crippen LogP contribution in [0.1, 0.15) is 29.7 Å². The van der Waals surface area contributed by atoms with Gasteiger partial charge in [0.05, 0.1) is 11.6 Å². The Morgan fingerprint density at radius 3 is 2.07 bits per heavy atom. The molecule has 3 rings (SSSR count). The van der Waals surface area contributed by atoms with Gasteiger partial charge >= 0.3 is 0 Å². The minimum absolute atomic E-state index is 0.0265. The number of nitrogens with one attached hydrogen (secondary N) is 1. The summed E-state index contributed by atoms with van der Waals surface area (Å²) in [6, 6.07) is 29.1. The molecule has 0 saturated carbocycles. The number of carbonyl (C=O) groups is 1. The highest BCUT2D eigenvalue weighted by atomic mass is 16.2. The molecule has 3 N–H and O–H groups in total. The molecule has 0 aliphatic carbocycles. The fourth-order valence-corrected chi connectivity index (χ4v) is 3.03. The van der Waals surface area contributed by atoms with Crippen molar-refractivity contribution in [3.63, 3.8) is 0 Å². The van der Waals surface area contributed by atoms with E-state index in [0.717, 1.165) is 11.1 Å².